The third-order valence-corrected chi connectivity index (χ3v) is 4.54. The van der Waals surface area contributed by atoms with Crippen LogP contribution in [0.2, 0.25) is 0 Å². The molecule has 0 aromatic heterocycles. The third kappa shape index (κ3) is 3.59. The van der Waals surface area contributed by atoms with Gasteiger partial charge in [-0.2, -0.15) is 0 Å². The molecular formula is C16H23ClFN3O. The standard InChI is InChI=1S/C16H22FN3O.ClH/c1-12-10-13(17)2-3-15(12)16(21)20-7-4-14(11-20)19-8-5-18-6-9-19;/h2-3,10,14,18H,4-9,11H2,1H3;1H. The Kier molecular flexibility index (Phi) is 5.78. The average Bonchev–Trinajstić information content (AvgIpc) is 2.97. The fraction of sp³-hybridized carbons (Fsp3) is 0.562. The maximum Gasteiger partial charge on any atom is 0.254 e. The minimum atomic E-state index is -0.288. The highest BCUT2D eigenvalue weighted by atomic mass is 35.5. The van der Waals surface area contributed by atoms with E-state index in [1.807, 2.05) is 4.90 Å². The zero-order valence-electron chi connectivity index (χ0n) is 12.8. The van der Waals surface area contributed by atoms with Gasteiger partial charge in [0.1, 0.15) is 5.82 Å². The minimum Gasteiger partial charge on any atom is -0.337 e. The van der Waals surface area contributed by atoms with E-state index in [1.54, 1.807) is 13.0 Å². The predicted molar refractivity (Wildman–Crippen MR) is 87.1 cm³/mol. The molecule has 1 aromatic rings. The Morgan fingerprint density at radius 3 is 2.68 bits per heavy atom. The molecule has 3 rings (SSSR count). The first-order valence-electron chi connectivity index (χ1n) is 7.65. The van der Waals surface area contributed by atoms with E-state index in [4.69, 9.17) is 0 Å². The molecule has 122 valence electrons. The second-order valence-electron chi connectivity index (χ2n) is 5.94. The van der Waals surface area contributed by atoms with Crippen LogP contribution in [0.1, 0.15) is 22.3 Å². The summed E-state index contributed by atoms with van der Waals surface area (Å²) >= 11 is 0. The predicted octanol–water partition coefficient (Wildman–Crippen LogP) is 1.68. The molecule has 1 atom stereocenters. The lowest BCUT2D eigenvalue weighted by atomic mass is 10.1. The molecule has 4 nitrogen and oxygen atoms in total. The summed E-state index contributed by atoms with van der Waals surface area (Å²) in [5.41, 5.74) is 1.34. The van der Waals surface area contributed by atoms with Gasteiger partial charge in [0, 0.05) is 50.9 Å². The summed E-state index contributed by atoms with van der Waals surface area (Å²) in [7, 11) is 0. The normalized spacial score (nSPS) is 22.5. The van der Waals surface area contributed by atoms with Gasteiger partial charge in [0.05, 0.1) is 0 Å². The Balaban J connectivity index is 0.00000176. The van der Waals surface area contributed by atoms with Gasteiger partial charge in [0.2, 0.25) is 0 Å². The fourth-order valence-corrected chi connectivity index (χ4v) is 3.31. The molecule has 0 aliphatic carbocycles. The highest BCUT2D eigenvalue weighted by Crippen LogP contribution is 2.20. The van der Waals surface area contributed by atoms with E-state index in [1.165, 1.54) is 12.1 Å². The summed E-state index contributed by atoms with van der Waals surface area (Å²) in [6, 6.07) is 4.86. The van der Waals surface area contributed by atoms with Crippen molar-refractivity contribution in [1.29, 1.82) is 0 Å². The molecule has 0 saturated carbocycles. The van der Waals surface area contributed by atoms with Gasteiger partial charge in [-0.15, -0.1) is 12.4 Å². The third-order valence-electron chi connectivity index (χ3n) is 4.54. The maximum atomic E-state index is 13.2. The van der Waals surface area contributed by atoms with Crippen molar-refractivity contribution in [1.82, 2.24) is 15.1 Å². The van der Waals surface area contributed by atoms with E-state index in [0.29, 0.717) is 17.2 Å². The molecule has 2 heterocycles. The number of aryl methyl sites for hydroxylation is 1. The smallest absolute Gasteiger partial charge is 0.254 e. The number of nitrogens with one attached hydrogen (secondary N) is 1. The van der Waals surface area contributed by atoms with Gasteiger partial charge in [-0.1, -0.05) is 0 Å². The zero-order valence-corrected chi connectivity index (χ0v) is 13.7. The number of benzene rings is 1. The maximum absolute atomic E-state index is 13.2. The Labute approximate surface area is 137 Å². The van der Waals surface area contributed by atoms with Crippen LogP contribution >= 0.6 is 12.4 Å². The Bertz CT molecular complexity index is 534. The Morgan fingerprint density at radius 1 is 1.27 bits per heavy atom. The van der Waals surface area contributed by atoms with Gasteiger partial charge in [0.25, 0.3) is 5.91 Å². The van der Waals surface area contributed by atoms with Gasteiger partial charge < -0.3 is 10.2 Å². The van der Waals surface area contributed by atoms with Gasteiger partial charge in [-0.3, -0.25) is 9.69 Å². The molecule has 1 aromatic carbocycles. The van der Waals surface area contributed by atoms with E-state index in [9.17, 15) is 9.18 Å². The van der Waals surface area contributed by atoms with Crippen molar-refractivity contribution in [2.45, 2.75) is 19.4 Å². The van der Waals surface area contributed by atoms with Crippen molar-refractivity contribution >= 4 is 18.3 Å². The van der Waals surface area contributed by atoms with Crippen LogP contribution in [0, 0.1) is 12.7 Å². The van der Waals surface area contributed by atoms with Crippen molar-refractivity contribution in [2.75, 3.05) is 39.3 Å². The van der Waals surface area contributed by atoms with Crippen molar-refractivity contribution in [2.24, 2.45) is 0 Å². The number of carbonyl (C=O) groups is 1. The number of carbonyl (C=O) groups excluding carboxylic acids is 1. The summed E-state index contributed by atoms with van der Waals surface area (Å²) < 4.78 is 13.2. The van der Waals surface area contributed by atoms with E-state index in [0.717, 1.165) is 45.7 Å². The van der Waals surface area contributed by atoms with Crippen LogP contribution in [0.5, 0.6) is 0 Å². The second-order valence-corrected chi connectivity index (χ2v) is 5.94. The molecule has 2 fully saturated rings. The lowest BCUT2D eigenvalue weighted by molar-refractivity contribution is 0.0772. The molecule has 0 radical (unpaired) electrons. The summed E-state index contributed by atoms with van der Waals surface area (Å²) in [6.45, 7) is 7.55. The van der Waals surface area contributed by atoms with E-state index in [2.05, 4.69) is 10.2 Å². The molecule has 2 aliphatic rings. The van der Waals surface area contributed by atoms with Crippen LogP contribution in [0.25, 0.3) is 0 Å². The van der Waals surface area contributed by atoms with Gasteiger partial charge in [-0.05, 0) is 37.1 Å². The van der Waals surface area contributed by atoms with Crippen molar-refractivity contribution in [3.8, 4) is 0 Å². The van der Waals surface area contributed by atoms with E-state index in [-0.39, 0.29) is 24.1 Å². The lowest BCUT2D eigenvalue weighted by Crippen LogP contribution is -2.49. The molecule has 2 saturated heterocycles. The van der Waals surface area contributed by atoms with Crippen molar-refractivity contribution < 1.29 is 9.18 Å². The molecule has 1 N–H and O–H groups in total. The molecular weight excluding hydrogens is 305 g/mol. The SMILES string of the molecule is Cc1cc(F)ccc1C(=O)N1CCC(N2CCNCC2)C1.Cl. The summed E-state index contributed by atoms with van der Waals surface area (Å²) in [4.78, 5) is 17.0. The Morgan fingerprint density at radius 2 is 2.00 bits per heavy atom. The number of piperazine rings is 1. The number of amides is 1. The average molecular weight is 328 g/mol. The van der Waals surface area contributed by atoms with E-state index >= 15 is 0 Å². The van der Waals surface area contributed by atoms with Crippen LogP contribution in [-0.2, 0) is 0 Å². The lowest BCUT2D eigenvalue weighted by Gasteiger charge is -2.32. The van der Waals surface area contributed by atoms with Crippen molar-refractivity contribution in [3.63, 3.8) is 0 Å². The van der Waals surface area contributed by atoms with Crippen LogP contribution in [0.15, 0.2) is 18.2 Å². The summed E-state index contributed by atoms with van der Waals surface area (Å²) in [6.07, 6.45) is 1.03. The van der Waals surface area contributed by atoms with E-state index < -0.39 is 0 Å². The van der Waals surface area contributed by atoms with Gasteiger partial charge >= 0.3 is 0 Å². The minimum absolute atomic E-state index is 0. The summed E-state index contributed by atoms with van der Waals surface area (Å²) in [5, 5.41) is 3.35. The molecule has 2 aliphatic heterocycles. The quantitative estimate of drug-likeness (QED) is 0.897. The fourth-order valence-electron chi connectivity index (χ4n) is 3.31. The number of nitrogens with zero attached hydrogens (tertiary/aromatic N) is 2. The number of halogens is 2. The molecule has 1 amide bonds. The first kappa shape index (κ1) is 17.2. The highest BCUT2D eigenvalue weighted by Gasteiger charge is 2.31. The molecule has 6 heteroatoms. The number of rotatable bonds is 2. The van der Waals surface area contributed by atoms with Crippen LogP contribution in [0.3, 0.4) is 0 Å². The monoisotopic (exact) mass is 327 g/mol. The van der Waals surface area contributed by atoms with Crippen LogP contribution in [-0.4, -0.2) is 61.0 Å². The van der Waals surface area contributed by atoms with Gasteiger partial charge in [-0.25, -0.2) is 4.39 Å². The molecule has 0 spiro atoms. The van der Waals surface area contributed by atoms with Crippen LogP contribution in [0.4, 0.5) is 4.39 Å². The number of likely N-dealkylation sites (tertiary alicyclic amines) is 1. The molecule has 0 bridgehead atoms. The molecule has 22 heavy (non-hydrogen) atoms. The van der Waals surface area contributed by atoms with Crippen LogP contribution < -0.4 is 5.32 Å². The zero-order chi connectivity index (χ0) is 14.8. The first-order valence-corrected chi connectivity index (χ1v) is 7.65. The topological polar surface area (TPSA) is 35.6 Å². The van der Waals surface area contributed by atoms with Crippen molar-refractivity contribution in [3.05, 3.63) is 35.1 Å². The number of hydrogen-bond donors (Lipinski definition) is 1. The number of hydrogen-bond acceptors (Lipinski definition) is 3. The first-order chi connectivity index (χ1) is 10.1. The summed E-state index contributed by atoms with van der Waals surface area (Å²) in [5.74, 6) is -0.255. The second kappa shape index (κ2) is 7.40. The largest absolute Gasteiger partial charge is 0.337 e. The highest BCUT2D eigenvalue weighted by molar-refractivity contribution is 5.95. The van der Waals surface area contributed by atoms with Gasteiger partial charge in [0.15, 0.2) is 0 Å². The molecule has 1 unspecified atom stereocenters. The Hall–Kier alpha value is -1.17.